The van der Waals surface area contributed by atoms with Gasteiger partial charge in [-0.15, -0.1) is 5.10 Å². The SMILES string of the molecule is NCCn1cc(C(=O)N2CCCCO2)nn1. The maximum absolute atomic E-state index is 11.9. The number of carbonyl (C=O) groups excluding carboxylic acids is 1. The van der Waals surface area contributed by atoms with E-state index in [-0.39, 0.29) is 5.91 Å². The normalized spacial score (nSPS) is 16.4. The molecule has 7 heteroatoms. The summed E-state index contributed by atoms with van der Waals surface area (Å²) in [6.07, 6.45) is 3.54. The number of hydrogen-bond donors (Lipinski definition) is 1. The highest BCUT2D eigenvalue weighted by Gasteiger charge is 2.21. The van der Waals surface area contributed by atoms with Gasteiger partial charge in [-0.05, 0) is 12.8 Å². The van der Waals surface area contributed by atoms with E-state index in [2.05, 4.69) is 10.3 Å². The fourth-order valence-corrected chi connectivity index (χ4v) is 1.52. The molecule has 0 aromatic carbocycles. The van der Waals surface area contributed by atoms with E-state index in [4.69, 9.17) is 10.6 Å². The van der Waals surface area contributed by atoms with Crippen LogP contribution in [-0.2, 0) is 11.4 Å². The van der Waals surface area contributed by atoms with E-state index in [1.54, 1.807) is 10.9 Å². The Labute approximate surface area is 93.1 Å². The monoisotopic (exact) mass is 225 g/mol. The van der Waals surface area contributed by atoms with Gasteiger partial charge in [0, 0.05) is 13.1 Å². The highest BCUT2D eigenvalue weighted by molar-refractivity contribution is 5.91. The van der Waals surface area contributed by atoms with Gasteiger partial charge in [-0.3, -0.25) is 14.3 Å². The van der Waals surface area contributed by atoms with E-state index in [9.17, 15) is 4.79 Å². The van der Waals surface area contributed by atoms with Gasteiger partial charge in [-0.25, -0.2) is 5.06 Å². The van der Waals surface area contributed by atoms with Crippen molar-refractivity contribution in [3.05, 3.63) is 11.9 Å². The Morgan fingerprint density at radius 2 is 2.44 bits per heavy atom. The quantitative estimate of drug-likeness (QED) is 0.742. The van der Waals surface area contributed by atoms with Crippen LogP contribution >= 0.6 is 0 Å². The largest absolute Gasteiger partial charge is 0.329 e. The second kappa shape index (κ2) is 5.04. The number of aromatic nitrogens is 3. The molecule has 7 nitrogen and oxygen atoms in total. The van der Waals surface area contributed by atoms with Crippen LogP contribution in [0.3, 0.4) is 0 Å². The van der Waals surface area contributed by atoms with Gasteiger partial charge < -0.3 is 5.73 Å². The van der Waals surface area contributed by atoms with Gasteiger partial charge in [0.25, 0.3) is 5.91 Å². The van der Waals surface area contributed by atoms with E-state index in [0.717, 1.165) is 12.8 Å². The highest BCUT2D eigenvalue weighted by atomic mass is 16.7. The predicted molar refractivity (Wildman–Crippen MR) is 55.3 cm³/mol. The molecule has 1 aliphatic rings. The molecule has 2 rings (SSSR count). The number of carbonyl (C=O) groups is 1. The first-order chi connectivity index (χ1) is 7.81. The van der Waals surface area contributed by atoms with Crippen molar-refractivity contribution in [2.75, 3.05) is 19.7 Å². The Balaban J connectivity index is 2.01. The Morgan fingerprint density at radius 3 is 3.12 bits per heavy atom. The first kappa shape index (κ1) is 11.0. The molecule has 1 amide bonds. The van der Waals surface area contributed by atoms with Crippen LogP contribution in [-0.4, -0.2) is 45.7 Å². The van der Waals surface area contributed by atoms with Crippen LogP contribution in [0.5, 0.6) is 0 Å². The Morgan fingerprint density at radius 1 is 1.56 bits per heavy atom. The topological polar surface area (TPSA) is 86.3 Å². The number of amides is 1. The summed E-state index contributed by atoms with van der Waals surface area (Å²) < 4.78 is 1.55. The van der Waals surface area contributed by atoms with Crippen molar-refractivity contribution < 1.29 is 9.63 Å². The zero-order valence-electron chi connectivity index (χ0n) is 9.00. The number of nitrogens with zero attached hydrogens (tertiary/aromatic N) is 4. The van der Waals surface area contributed by atoms with E-state index in [0.29, 0.717) is 31.9 Å². The Hall–Kier alpha value is -1.47. The summed E-state index contributed by atoms with van der Waals surface area (Å²) in [4.78, 5) is 17.1. The molecule has 0 unspecified atom stereocenters. The summed E-state index contributed by atoms with van der Waals surface area (Å²) in [5, 5.41) is 8.95. The molecule has 0 bridgehead atoms. The third-order valence-electron chi connectivity index (χ3n) is 2.35. The molecule has 0 aliphatic carbocycles. The smallest absolute Gasteiger partial charge is 0.299 e. The van der Waals surface area contributed by atoms with Crippen molar-refractivity contribution >= 4 is 5.91 Å². The average molecular weight is 225 g/mol. The van der Waals surface area contributed by atoms with Gasteiger partial charge in [-0.1, -0.05) is 5.21 Å². The summed E-state index contributed by atoms with van der Waals surface area (Å²) in [6.45, 7) is 2.23. The number of nitrogens with two attached hydrogens (primary N) is 1. The fourth-order valence-electron chi connectivity index (χ4n) is 1.52. The van der Waals surface area contributed by atoms with Gasteiger partial charge in [0.05, 0.1) is 19.3 Å². The zero-order chi connectivity index (χ0) is 11.4. The van der Waals surface area contributed by atoms with Gasteiger partial charge in [0.2, 0.25) is 0 Å². The van der Waals surface area contributed by atoms with Crippen molar-refractivity contribution in [3.63, 3.8) is 0 Å². The molecule has 2 N–H and O–H groups in total. The maximum atomic E-state index is 11.9. The number of hydrogen-bond acceptors (Lipinski definition) is 5. The molecular formula is C9H15N5O2. The molecule has 0 atom stereocenters. The first-order valence-electron chi connectivity index (χ1n) is 5.36. The molecule has 16 heavy (non-hydrogen) atoms. The Bertz CT molecular complexity index is 359. The highest BCUT2D eigenvalue weighted by Crippen LogP contribution is 2.09. The molecule has 0 radical (unpaired) electrons. The van der Waals surface area contributed by atoms with Crippen LogP contribution in [0.15, 0.2) is 6.20 Å². The lowest BCUT2D eigenvalue weighted by molar-refractivity contribution is -0.144. The second-order valence-electron chi connectivity index (χ2n) is 3.60. The molecule has 2 heterocycles. The molecule has 1 aromatic rings. The standard InChI is InChI=1S/C9H15N5O2/c10-3-5-13-7-8(11-12-13)9(15)14-4-1-2-6-16-14/h7H,1-6,10H2. The number of hydroxylamine groups is 2. The fraction of sp³-hybridized carbons (Fsp3) is 0.667. The van der Waals surface area contributed by atoms with Crippen LogP contribution in [0.1, 0.15) is 23.3 Å². The summed E-state index contributed by atoms with van der Waals surface area (Å²) in [5.41, 5.74) is 5.68. The van der Waals surface area contributed by atoms with Crippen LogP contribution in [0.4, 0.5) is 0 Å². The van der Waals surface area contributed by atoms with Crippen molar-refractivity contribution in [1.29, 1.82) is 0 Å². The van der Waals surface area contributed by atoms with E-state index >= 15 is 0 Å². The molecule has 1 fully saturated rings. The third-order valence-corrected chi connectivity index (χ3v) is 2.35. The summed E-state index contributed by atoms with van der Waals surface area (Å²) >= 11 is 0. The Kier molecular flexibility index (Phi) is 3.47. The van der Waals surface area contributed by atoms with Crippen molar-refractivity contribution in [2.45, 2.75) is 19.4 Å². The van der Waals surface area contributed by atoms with E-state index in [1.807, 2.05) is 0 Å². The molecule has 1 aromatic heterocycles. The van der Waals surface area contributed by atoms with Gasteiger partial charge in [-0.2, -0.15) is 0 Å². The molecule has 0 spiro atoms. The van der Waals surface area contributed by atoms with Crippen LogP contribution in [0, 0.1) is 0 Å². The summed E-state index contributed by atoms with van der Waals surface area (Å²) in [7, 11) is 0. The van der Waals surface area contributed by atoms with Gasteiger partial charge >= 0.3 is 0 Å². The molecular weight excluding hydrogens is 210 g/mol. The van der Waals surface area contributed by atoms with Crippen molar-refractivity contribution in [1.82, 2.24) is 20.1 Å². The zero-order valence-corrected chi connectivity index (χ0v) is 9.00. The lowest BCUT2D eigenvalue weighted by Crippen LogP contribution is -2.35. The lowest BCUT2D eigenvalue weighted by atomic mass is 10.3. The van der Waals surface area contributed by atoms with Crippen molar-refractivity contribution in [2.24, 2.45) is 5.73 Å². The molecule has 88 valence electrons. The van der Waals surface area contributed by atoms with Crippen LogP contribution < -0.4 is 5.73 Å². The molecule has 0 saturated carbocycles. The minimum Gasteiger partial charge on any atom is -0.329 e. The predicted octanol–water partition coefficient (Wildman–Crippen LogP) is -0.596. The number of rotatable bonds is 3. The van der Waals surface area contributed by atoms with Crippen LogP contribution in [0.2, 0.25) is 0 Å². The average Bonchev–Trinajstić information content (AvgIpc) is 2.78. The molecule has 1 aliphatic heterocycles. The van der Waals surface area contributed by atoms with E-state index < -0.39 is 0 Å². The maximum Gasteiger partial charge on any atom is 0.299 e. The second-order valence-corrected chi connectivity index (χ2v) is 3.60. The van der Waals surface area contributed by atoms with Gasteiger partial charge in [0.15, 0.2) is 5.69 Å². The van der Waals surface area contributed by atoms with Gasteiger partial charge in [0.1, 0.15) is 0 Å². The van der Waals surface area contributed by atoms with Crippen molar-refractivity contribution in [3.8, 4) is 0 Å². The molecule has 1 saturated heterocycles. The third kappa shape index (κ3) is 2.37. The minimum atomic E-state index is -0.233. The minimum absolute atomic E-state index is 0.233. The first-order valence-corrected chi connectivity index (χ1v) is 5.36. The summed E-state index contributed by atoms with van der Waals surface area (Å²) in [6, 6.07) is 0. The summed E-state index contributed by atoms with van der Waals surface area (Å²) in [5.74, 6) is -0.233. The lowest BCUT2D eigenvalue weighted by Gasteiger charge is -2.24. The van der Waals surface area contributed by atoms with Crippen LogP contribution in [0.25, 0.3) is 0 Å². The van der Waals surface area contributed by atoms with E-state index in [1.165, 1.54) is 5.06 Å².